The van der Waals surface area contributed by atoms with E-state index in [1.54, 1.807) is 18.2 Å². The second-order valence-electron chi connectivity index (χ2n) is 3.69. The highest BCUT2D eigenvalue weighted by Crippen LogP contribution is 2.15. The summed E-state index contributed by atoms with van der Waals surface area (Å²) in [4.78, 5) is 9.75. The third kappa shape index (κ3) is 2.89. The van der Waals surface area contributed by atoms with Crippen molar-refractivity contribution in [2.24, 2.45) is 0 Å². The van der Waals surface area contributed by atoms with Crippen LogP contribution in [0.1, 0.15) is 5.56 Å². The monoisotopic (exact) mass is 278 g/mol. The molecular weight excluding hydrogens is 268 g/mol. The van der Waals surface area contributed by atoms with Crippen LogP contribution < -0.4 is 0 Å². The number of hydrogen-bond acceptors (Lipinski definition) is 4. The molecule has 0 aliphatic heterocycles. The van der Waals surface area contributed by atoms with Crippen LogP contribution in [-0.4, -0.2) is 17.3 Å². The lowest BCUT2D eigenvalue weighted by molar-refractivity contribution is -0.400. The summed E-state index contributed by atoms with van der Waals surface area (Å²) in [5.74, 6) is 0. The maximum absolute atomic E-state index is 12.2. The van der Waals surface area contributed by atoms with Gasteiger partial charge in [-0.05, 0) is 23.8 Å². The number of hydrogen-bond donors (Lipinski definition) is 0. The van der Waals surface area contributed by atoms with Gasteiger partial charge in [0.1, 0.15) is 0 Å². The van der Waals surface area contributed by atoms with E-state index in [4.69, 9.17) is 0 Å². The average Bonchev–Trinajstić information content (AvgIpc) is 2.87. The Balaban J connectivity index is 2.35. The van der Waals surface area contributed by atoms with Gasteiger partial charge in [0.25, 0.3) is 10.0 Å². The molecule has 0 unspecified atom stereocenters. The van der Waals surface area contributed by atoms with Crippen LogP contribution in [-0.2, 0) is 10.0 Å². The van der Waals surface area contributed by atoms with Gasteiger partial charge in [-0.1, -0.05) is 18.2 Å². The molecule has 0 N–H and O–H groups in total. The lowest BCUT2D eigenvalue weighted by atomic mass is 10.3. The van der Waals surface area contributed by atoms with E-state index in [1.165, 1.54) is 36.7 Å². The van der Waals surface area contributed by atoms with Crippen LogP contribution in [0.3, 0.4) is 0 Å². The maximum atomic E-state index is 12.2. The molecule has 98 valence electrons. The highest BCUT2D eigenvalue weighted by atomic mass is 32.2. The Bertz CT molecular complexity index is 717. The molecule has 0 bridgehead atoms. The summed E-state index contributed by atoms with van der Waals surface area (Å²) in [6.07, 6.45) is 4.66. The standard InChI is InChI=1S/C12H10N2O4S/c15-14(16)9-7-11-6-8-13(10-11)19(17,18)12-4-2-1-3-5-12/h1-10H/b9-7+. The van der Waals surface area contributed by atoms with Crippen LogP contribution in [0.4, 0.5) is 0 Å². The van der Waals surface area contributed by atoms with Crippen molar-refractivity contribution < 1.29 is 13.3 Å². The molecule has 0 saturated heterocycles. The van der Waals surface area contributed by atoms with Crippen LogP contribution in [0, 0.1) is 10.1 Å². The Labute approximate surface area is 109 Å². The lowest BCUT2D eigenvalue weighted by Crippen LogP contribution is -2.10. The van der Waals surface area contributed by atoms with E-state index < -0.39 is 14.9 Å². The highest BCUT2D eigenvalue weighted by Gasteiger charge is 2.15. The van der Waals surface area contributed by atoms with E-state index in [9.17, 15) is 18.5 Å². The zero-order valence-electron chi connectivity index (χ0n) is 9.71. The van der Waals surface area contributed by atoms with Gasteiger partial charge < -0.3 is 0 Å². The number of rotatable bonds is 4. The van der Waals surface area contributed by atoms with Gasteiger partial charge in [0, 0.05) is 18.5 Å². The fourth-order valence-corrected chi connectivity index (χ4v) is 2.73. The Kier molecular flexibility index (Phi) is 3.48. The van der Waals surface area contributed by atoms with Crippen molar-refractivity contribution in [1.82, 2.24) is 3.97 Å². The fraction of sp³-hybridized carbons (Fsp3) is 0. The van der Waals surface area contributed by atoms with Crippen LogP contribution in [0.5, 0.6) is 0 Å². The van der Waals surface area contributed by atoms with Gasteiger partial charge in [0.05, 0.1) is 9.82 Å². The third-order valence-electron chi connectivity index (χ3n) is 2.40. The summed E-state index contributed by atoms with van der Waals surface area (Å²) in [5, 5.41) is 10.2. The van der Waals surface area contributed by atoms with Gasteiger partial charge in [-0.3, -0.25) is 10.1 Å². The molecule has 1 heterocycles. The highest BCUT2D eigenvalue weighted by molar-refractivity contribution is 7.90. The summed E-state index contributed by atoms with van der Waals surface area (Å²) in [6.45, 7) is 0. The molecule has 2 aromatic rings. The van der Waals surface area contributed by atoms with Crippen LogP contribution >= 0.6 is 0 Å². The van der Waals surface area contributed by atoms with Crippen molar-refractivity contribution >= 4 is 16.1 Å². The quantitative estimate of drug-likeness (QED) is 0.632. The first-order valence-electron chi connectivity index (χ1n) is 5.30. The van der Waals surface area contributed by atoms with Gasteiger partial charge >= 0.3 is 0 Å². The number of aromatic nitrogens is 1. The van der Waals surface area contributed by atoms with Crippen molar-refractivity contribution in [2.45, 2.75) is 4.90 Å². The summed E-state index contributed by atoms with van der Waals surface area (Å²) in [6, 6.07) is 9.44. The molecule has 6 nitrogen and oxygen atoms in total. The smallest absolute Gasteiger partial charge is 0.259 e. The molecule has 0 atom stereocenters. The van der Waals surface area contributed by atoms with Crippen molar-refractivity contribution in [1.29, 1.82) is 0 Å². The Hall–Kier alpha value is -2.41. The van der Waals surface area contributed by atoms with Crippen LogP contribution in [0.2, 0.25) is 0 Å². The average molecular weight is 278 g/mol. The van der Waals surface area contributed by atoms with Gasteiger partial charge in [-0.25, -0.2) is 12.4 Å². The Morgan fingerprint density at radius 1 is 1.16 bits per heavy atom. The molecule has 1 aromatic heterocycles. The number of nitro groups is 1. The van der Waals surface area contributed by atoms with Crippen molar-refractivity contribution in [3.8, 4) is 0 Å². The maximum Gasteiger partial charge on any atom is 0.267 e. The normalized spacial score (nSPS) is 11.8. The molecule has 0 fully saturated rings. The summed E-state index contributed by atoms with van der Waals surface area (Å²) < 4.78 is 25.4. The van der Waals surface area contributed by atoms with Crippen LogP contribution in [0.15, 0.2) is 59.9 Å². The Morgan fingerprint density at radius 3 is 2.47 bits per heavy atom. The van der Waals surface area contributed by atoms with E-state index in [-0.39, 0.29) is 4.90 Å². The van der Waals surface area contributed by atoms with Crippen molar-refractivity contribution in [2.75, 3.05) is 0 Å². The first-order chi connectivity index (χ1) is 9.00. The summed E-state index contributed by atoms with van der Waals surface area (Å²) >= 11 is 0. The predicted molar refractivity (Wildman–Crippen MR) is 69.5 cm³/mol. The fourth-order valence-electron chi connectivity index (χ4n) is 1.50. The molecule has 0 spiro atoms. The third-order valence-corrected chi connectivity index (χ3v) is 4.05. The molecular formula is C12H10N2O4S. The van der Waals surface area contributed by atoms with E-state index in [1.807, 2.05) is 0 Å². The van der Waals surface area contributed by atoms with Gasteiger partial charge in [0.2, 0.25) is 6.20 Å². The molecule has 7 heteroatoms. The predicted octanol–water partition coefficient (Wildman–Crippen LogP) is 1.97. The minimum Gasteiger partial charge on any atom is -0.259 e. The van der Waals surface area contributed by atoms with E-state index >= 15 is 0 Å². The number of nitrogens with zero attached hydrogens (tertiary/aromatic N) is 2. The second-order valence-corrected chi connectivity index (χ2v) is 5.54. The molecule has 0 saturated carbocycles. The molecule has 1 aromatic carbocycles. The number of benzene rings is 1. The zero-order chi connectivity index (χ0) is 13.9. The second kappa shape index (κ2) is 5.07. The van der Waals surface area contributed by atoms with Crippen molar-refractivity contribution in [3.05, 3.63) is 70.7 Å². The largest absolute Gasteiger partial charge is 0.267 e. The molecule has 0 aliphatic rings. The summed E-state index contributed by atoms with van der Waals surface area (Å²) in [7, 11) is -3.64. The van der Waals surface area contributed by atoms with Gasteiger partial charge in [-0.2, -0.15) is 0 Å². The zero-order valence-corrected chi connectivity index (χ0v) is 10.5. The van der Waals surface area contributed by atoms with E-state index in [2.05, 4.69) is 0 Å². The first kappa shape index (κ1) is 13.0. The molecule has 19 heavy (non-hydrogen) atoms. The topological polar surface area (TPSA) is 82.2 Å². The van der Waals surface area contributed by atoms with E-state index in [0.29, 0.717) is 5.56 Å². The molecule has 0 radical (unpaired) electrons. The summed E-state index contributed by atoms with van der Waals surface area (Å²) in [5.41, 5.74) is 0.441. The van der Waals surface area contributed by atoms with Crippen LogP contribution in [0.25, 0.3) is 6.08 Å². The minimum absolute atomic E-state index is 0.162. The van der Waals surface area contributed by atoms with Gasteiger partial charge in [0.15, 0.2) is 0 Å². The molecule has 0 aliphatic carbocycles. The first-order valence-corrected chi connectivity index (χ1v) is 6.74. The van der Waals surface area contributed by atoms with Crippen molar-refractivity contribution in [3.63, 3.8) is 0 Å². The molecule has 2 rings (SSSR count). The lowest BCUT2D eigenvalue weighted by Gasteiger charge is -2.04. The minimum atomic E-state index is -3.64. The van der Waals surface area contributed by atoms with E-state index in [0.717, 1.165) is 10.2 Å². The Morgan fingerprint density at radius 2 is 1.84 bits per heavy atom. The van der Waals surface area contributed by atoms with Gasteiger partial charge in [-0.15, -0.1) is 0 Å². The SMILES string of the molecule is O=[N+]([O-])/C=C/c1ccn(S(=O)(=O)c2ccccc2)c1. The molecule has 0 amide bonds.